The number of hydrogen-bond acceptors (Lipinski definition) is 3. The summed E-state index contributed by atoms with van der Waals surface area (Å²) in [6.07, 6.45) is 0. The minimum Gasteiger partial charge on any atom is -0.434 e. The molecule has 0 bridgehead atoms. The number of carbonyl (C=O) groups excluding carboxylic acids is 1. The van der Waals surface area contributed by atoms with Gasteiger partial charge in [-0.3, -0.25) is 9.79 Å². The molecule has 0 unspecified atom stereocenters. The lowest BCUT2D eigenvalue weighted by molar-refractivity contribution is -0.0504. The van der Waals surface area contributed by atoms with Gasteiger partial charge in [0.15, 0.2) is 5.96 Å². The summed E-state index contributed by atoms with van der Waals surface area (Å²) in [6.45, 7) is 3.15. The van der Waals surface area contributed by atoms with Gasteiger partial charge in [-0.1, -0.05) is 30.3 Å². The second kappa shape index (κ2) is 11.7. The first kappa shape index (κ1) is 23.1. The molecule has 8 heteroatoms. The topological polar surface area (TPSA) is 66.0 Å². The number of carbonyl (C=O) groups is 1. The summed E-state index contributed by atoms with van der Waals surface area (Å²) in [7, 11) is 1.63. The molecule has 0 fully saturated rings. The number of ether oxygens (including phenoxy) is 1. The van der Waals surface area contributed by atoms with Gasteiger partial charge in [-0.15, -0.1) is 0 Å². The molecule has 2 rings (SSSR count). The highest BCUT2D eigenvalue weighted by atomic mass is 19.3. The van der Waals surface area contributed by atoms with Crippen LogP contribution in [0.2, 0.25) is 0 Å². The van der Waals surface area contributed by atoms with E-state index < -0.39 is 6.61 Å². The highest BCUT2D eigenvalue weighted by Gasteiger charge is 2.12. The van der Waals surface area contributed by atoms with Crippen LogP contribution in [-0.4, -0.2) is 43.5 Å². The van der Waals surface area contributed by atoms with Gasteiger partial charge in [-0.25, -0.2) is 0 Å². The van der Waals surface area contributed by atoms with E-state index in [0.717, 1.165) is 5.56 Å². The van der Waals surface area contributed by atoms with Crippen molar-refractivity contribution in [3.05, 3.63) is 65.2 Å². The smallest absolute Gasteiger partial charge is 0.387 e. The van der Waals surface area contributed by atoms with Gasteiger partial charge < -0.3 is 20.3 Å². The maximum atomic E-state index is 12.5. The van der Waals surface area contributed by atoms with Gasteiger partial charge in [-0.05, 0) is 37.6 Å². The zero-order valence-electron chi connectivity index (χ0n) is 17.5. The molecule has 0 aliphatic heterocycles. The van der Waals surface area contributed by atoms with Gasteiger partial charge in [-0.2, -0.15) is 8.78 Å². The van der Waals surface area contributed by atoms with E-state index in [1.54, 1.807) is 30.1 Å². The van der Waals surface area contributed by atoms with Crippen molar-refractivity contribution in [1.29, 1.82) is 0 Å². The molecule has 162 valence electrons. The van der Waals surface area contributed by atoms with Crippen LogP contribution in [0.15, 0.2) is 53.5 Å². The first-order valence-corrected chi connectivity index (χ1v) is 9.83. The molecule has 0 heterocycles. The van der Waals surface area contributed by atoms with E-state index in [1.165, 1.54) is 6.07 Å². The van der Waals surface area contributed by atoms with Crippen molar-refractivity contribution in [2.24, 2.45) is 4.99 Å². The molecule has 2 aromatic rings. The van der Waals surface area contributed by atoms with Crippen LogP contribution in [0.1, 0.15) is 35.3 Å². The number of nitrogens with one attached hydrogen (secondary N) is 2. The zero-order chi connectivity index (χ0) is 21.9. The number of hydrogen-bond donors (Lipinski definition) is 2. The number of aliphatic imine (C=N–C) groups is 1. The second-order valence-electron chi connectivity index (χ2n) is 6.44. The maximum Gasteiger partial charge on any atom is 0.387 e. The van der Waals surface area contributed by atoms with E-state index >= 15 is 0 Å². The number of alkyl halides is 2. The minimum atomic E-state index is -2.87. The van der Waals surface area contributed by atoms with Crippen LogP contribution >= 0.6 is 0 Å². The highest BCUT2D eigenvalue weighted by molar-refractivity contribution is 5.94. The van der Waals surface area contributed by atoms with Crippen molar-refractivity contribution >= 4 is 11.9 Å². The van der Waals surface area contributed by atoms with Crippen LogP contribution in [0, 0.1) is 0 Å². The monoisotopic (exact) mass is 418 g/mol. The third-order valence-electron chi connectivity index (χ3n) is 4.57. The largest absolute Gasteiger partial charge is 0.434 e. The third kappa shape index (κ3) is 6.72. The fraction of sp³-hybridized carbons (Fsp3) is 0.364. The number of amides is 1. The maximum absolute atomic E-state index is 12.5. The van der Waals surface area contributed by atoms with Crippen molar-refractivity contribution in [1.82, 2.24) is 15.5 Å². The summed E-state index contributed by atoms with van der Waals surface area (Å²) >= 11 is 0. The molecule has 1 amide bonds. The summed E-state index contributed by atoms with van der Waals surface area (Å²) in [5, 5.41) is 6.25. The molecular weight excluding hydrogens is 390 g/mol. The number of nitrogens with zero attached hydrogens (tertiary/aromatic N) is 2. The molecule has 6 nitrogen and oxygen atoms in total. The molecule has 0 aliphatic carbocycles. The van der Waals surface area contributed by atoms with E-state index in [4.69, 9.17) is 0 Å². The Hall–Kier alpha value is -3.16. The molecule has 0 saturated carbocycles. The lowest BCUT2D eigenvalue weighted by Crippen LogP contribution is -2.36. The average molecular weight is 418 g/mol. The Labute approximate surface area is 175 Å². The molecule has 0 saturated heterocycles. The summed E-state index contributed by atoms with van der Waals surface area (Å²) < 4.78 is 29.6. The Kier molecular flexibility index (Phi) is 9.05. The first-order valence-electron chi connectivity index (χ1n) is 9.83. The fourth-order valence-corrected chi connectivity index (χ4v) is 2.90. The fourth-order valence-electron chi connectivity index (χ4n) is 2.90. The Morgan fingerprint density at radius 3 is 2.27 bits per heavy atom. The number of rotatable bonds is 9. The quantitative estimate of drug-likeness (QED) is 0.482. The second-order valence-corrected chi connectivity index (χ2v) is 6.44. The number of benzene rings is 2. The van der Waals surface area contributed by atoms with E-state index in [9.17, 15) is 13.6 Å². The van der Waals surface area contributed by atoms with E-state index in [2.05, 4.69) is 20.4 Å². The predicted molar refractivity (Wildman–Crippen MR) is 114 cm³/mol. The lowest BCUT2D eigenvalue weighted by Gasteiger charge is -2.18. The van der Waals surface area contributed by atoms with Crippen LogP contribution in [0.25, 0.3) is 0 Å². The van der Waals surface area contributed by atoms with E-state index in [-0.39, 0.29) is 18.2 Å². The van der Waals surface area contributed by atoms with Gasteiger partial charge in [0, 0.05) is 44.4 Å². The van der Waals surface area contributed by atoms with Crippen LogP contribution in [0.4, 0.5) is 8.78 Å². The van der Waals surface area contributed by atoms with Crippen molar-refractivity contribution in [3.63, 3.8) is 0 Å². The van der Waals surface area contributed by atoms with Crippen LogP contribution < -0.4 is 15.4 Å². The Morgan fingerprint density at radius 1 is 1.03 bits per heavy atom. The van der Waals surface area contributed by atoms with Gasteiger partial charge in [0.05, 0.1) is 0 Å². The predicted octanol–water partition coefficient (Wildman–Crippen LogP) is 3.64. The van der Waals surface area contributed by atoms with Gasteiger partial charge in [0.25, 0.3) is 5.91 Å². The van der Waals surface area contributed by atoms with Crippen molar-refractivity contribution < 1.29 is 18.3 Å². The first-order chi connectivity index (χ1) is 14.5. The lowest BCUT2D eigenvalue weighted by atomic mass is 10.1. The van der Waals surface area contributed by atoms with E-state index in [1.807, 2.05) is 38.1 Å². The third-order valence-corrected chi connectivity index (χ3v) is 4.57. The molecule has 0 spiro atoms. The summed E-state index contributed by atoms with van der Waals surface area (Å²) in [5.74, 6) is 0.663. The van der Waals surface area contributed by atoms with Gasteiger partial charge in [0.2, 0.25) is 0 Å². The summed E-state index contributed by atoms with van der Waals surface area (Å²) in [6, 6.07) is 14.0. The Balaban J connectivity index is 1.91. The van der Waals surface area contributed by atoms with Crippen LogP contribution in [0.3, 0.4) is 0 Å². The molecule has 0 aromatic heterocycles. The molecule has 0 atom stereocenters. The molecule has 2 N–H and O–H groups in total. The number of guanidine groups is 1. The van der Waals surface area contributed by atoms with Gasteiger partial charge in [0.1, 0.15) is 5.75 Å². The Morgan fingerprint density at radius 2 is 1.67 bits per heavy atom. The number of para-hydroxylation sites is 1. The SMILES string of the molecule is CCN(CC)C(=O)c1ccc(CNC(=NC)NCc2ccccc2OC(F)F)cc1. The van der Waals surface area contributed by atoms with Gasteiger partial charge >= 0.3 is 6.61 Å². The highest BCUT2D eigenvalue weighted by Crippen LogP contribution is 2.19. The Bertz CT molecular complexity index is 837. The normalized spacial score (nSPS) is 11.3. The molecular formula is C22H28F2N4O2. The molecule has 0 radical (unpaired) electrons. The molecule has 2 aromatic carbocycles. The van der Waals surface area contributed by atoms with Crippen LogP contribution in [-0.2, 0) is 13.1 Å². The van der Waals surface area contributed by atoms with Crippen molar-refractivity contribution in [3.8, 4) is 5.75 Å². The zero-order valence-corrected chi connectivity index (χ0v) is 17.5. The molecule has 0 aliphatic rings. The summed E-state index contributed by atoms with van der Waals surface area (Å²) in [5.41, 5.74) is 2.23. The van der Waals surface area contributed by atoms with Crippen molar-refractivity contribution in [2.75, 3.05) is 20.1 Å². The van der Waals surface area contributed by atoms with E-state index in [0.29, 0.717) is 36.7 Å². The average Bonchev–Trinajstić information content (AvgIpc) is 2.75. The standard InChI is InChI=1S/C22H28F2N4O2/c1-4-28(5-2)20(29)17-12-10-16(11-13-17)14-26-22(25-3)27-15-18-8-6-7-9-19(18)30-21(23)24/h6-13,21H,4-5,14-15H2,1-3H3,(H2,25,26,27). The molecule has 30 heavy (non-hydrogen) atoms. The minimum absolute atomic E-state index is 0.0154. The van der Waals surface area contributed by atoms with Crippen LogP contribution in [0.5, 0.6) is 5.75 Å². The summed E-state index contributed by atoms with van der Waals surface area (Å²) in [4.78, 5) is 18.3. The van der Waals surface area contributed by atoms with Crippen molar-refractivity contribution in [2.45, 2.75) is 33.5 Å². The number of halogens is 2.